The van der Waals surface area contributed by atoms with E-state index in [0.29, 0.717) is 0 Å². The second-order valence-electron chi connectivity index (χ2n) is 4.90. The molecule has 0 amide bonds. The highest BCUT2D eigenvalue weighted by Gasteiger charge is 2.08. The minimum atomic E-state index is -0.0384. The molecule has 1 aromatic heterocycles. The Labute approximate surface area is 120 Å². The zero-order chi connectivity index (χ0) is 14.5. The van der Waals surface area contributed by atoms with Gasteiger partial charge in [-0.3, -0.25) is 4.98 Å². The van der Waals surface area contributed by atoms with Gasteiger partial charge in [-0.2, -0.15) is 0 Å². The van der Waals surface area contributed by atoms with Crippen LogP contribution in [-0.2, 0) is 6.54 Å². The van der Waals surface area contributed by atoms with Crippen molar-refractivity contribution in [3.63, 3.8) is 0 Å². The number of pyridine rings is 1. The Bertz CT molecular complexity index is 552. The van der Waals surface area contributed by atoms with E-state index in [1.54, 1.807) is 7.11 Å². The first-order valence-corrected chi connectivity index (χ1v) is 6.66. The van der Waals surface area contributed by atoms with Crippen molar-refractivity contribution < 1.29 is 4.74 Å². The molecule has 2 N–H and O–H groups in total. The number of methoxy groups -OCH3 is 1. The molecule has 2 aromatic rings. The Kier molecular flexibility index (Phi) is 4.58. The Morgan fingerprint density at radius 3 is 2.60 bits per heavy atom. The van der Waals surface area contributed by atoms with E-state index in [-0.39, 0.29) is 6.04 Å². The highest BCUT2D eigenvalue weighted by Crippen LogP contribution is 2.22. The van der Waals surface area contributed by atoms with Gasteiger partial charge in [-0.05, 0) is 25.1 Å². The molecule has 0 aliphatic rings. The number of nitrogens with zero attached hydrogens (tertiary/aromatic N) is 2. The van der Waals surface area contributed by atoms with E-state index in [4.69, 9.17) is 10.5 Å². The lowest BCUT2D eigenvalue weighted by molar-refractivity contribution is 0.409. The second-order valence-corrected chi connectivity index (χ2v) is 4.90. The smallest absolute Gasteiger partial charge is 0.123 e. The maximum absolute atomic E-state index is 5.81. The summed E-state index contributed by atoms with van der Waals surface area (Å²) in [6.07, 6.45) is 1.86. The van der Waals surface area contributed by atoms with Crippen LogP contribution in [0.5, 0.6) is 5.75 Å². The van der Waals surface area contributed by atoms with Crippen molar-refractivity contribution >= 4 is 5.69 Å². The van der Waals surface area contributed by atoms with Gasteiger partial charge in [-0.1, -0.05) is 18.2 Å². The van der Waals surface area contributed by atoms with Gasteiger partial charge in [0.05, 0.1) is 24.7 Å². The summed E-state index contributed by atoms with van der Waals surface area (Å²) >= 11 is 0. The zero-order valence-corrected chi connectivity index (χ0v) is 12.2. The molecule has 0 radical (unpaired) electrons. The predicted octanol–water partition coefficient (Wildman–Crippen LogP) is 2.75. The van der Waals surface area contributed by atoms with E-state index in [1.165, 1.54) is 0 Å². The van der Waals surface area contributed by atoms with Gasteiger partial charge in [0.15, 0.2) is 0 Å². The van der Waals surface area contributed by atoms with Gasteiger partial charge in [0.1, 0.15) is 5.75 Å². The summed E-state index contributed by atoms with van der Waals surface area (Å²) in [5.41, 5.74) is 8.91. The molecule has 20 heavy (non-hydrogen) atoms. The van der Waals surface area contributed by atoms with Crippen molar-refractivity contribution in [3.05, 3.63) is 53.9 Å². The topological polar surface area (TPSA) is 51.4 Å². The van der Waals surface area contributed by atoms with E-state index in [1.807, 2.05) is 50.5 Å². The monoisotopic (exact) mass is 271 g/mol. The molecule has 0 spiro atoms. The van der Waals surface area contributed by atoms with Gasteiger partial charge in [0.2, 0.25) is 0 Å². The number of para-hydroxylation sites is 1. The lowest BCUT2D eigenvalue weighted by Gasteiger charge is -2.20. The fraction of sp³-hybridized carbons (Fsp3) is 0.312. The minimum absolute atomic E-state index is 0.0384. The average molecular weight is 271 g/mol. The van der Waals surface area contributed by atoms with Crippen LogP contribution in [0.4, 0.5) is 5.69 Å². The van der Waals surface area contributed by atoms with Crippen LogP contribution in [0.15, 0.2) is 42.6 Å². The first-order chi connectivity index (χ1) is 9.61. The van der Waals surface area contributed by atoms with Crippen molar-refractivity contribution in [1.29, 1.82) is 0 Å². The molecule has 2 rings (SSSR count). The molecule has 1 aromatic carbocycles. The summed E-state index contributed by atoms with van der Waals surface area (Å²) in [4.78, 5) is 6.52. The fourth-order valence-corrected chi connectivity index (χ4v) is 2.07. The SMILES string of the molecule is COc1ccccc1CN(C)c1ccc([C@@H](C)N)nc1. The number of nitrogens with two attached hydrogens (primary N) is 1. The van der Waals surface area contributed by atoms with Crippen LogP contribution in [0.25, 0.3) is 0 Å². The van der Waals surface area contributed by atoms with E-state index in [0.717, 1.165) is 29.2 Å². The van der Waals surface area contributed by atoms with Crippen molar-refractivity contribution in [3.8, 4) is 5.75 Å². The molecule has 0 aliphatic heterocycles. The summed E-state index contributed by atoms with van der Waals surface area (Å²) in [6, 6.07) is 12.0. The van der Waals surface area contributed by atoms with Gasteiger partial charge < -0.3 is 15.4 Å². The Morgan fingerprint density at radius 2 is 2.00 bits per heavy atom. The summed E-state index contributed by atoms with van der Waals surface area (Å²) in [5.74, 6) is 0.902. The fourth-order valence-electron chi connectivity index (χ4n) is 2.07. The maximum atomic E-state index is 5.81. The number of hydrogen-bond acceptors (Lipinski definition) is 4. The van der Waals surface area contributed by atoms with E-state index < -0.39 is 0 Å². The van der Waals surface area contributed by atoms with Crippen LogP contribution in [0.2, 0.25) is 0 Å². The lowest BCUT2D eigenvalue weighted by Crippen LogP contribution is -2.17. The first-order valence-electron chi connectivity index (χ1n) is 6.66. The predicted molar refractivity (Wildman–Crippen MR) is 81.9 cm³/mol. The molecular weight excluding hydrogens is 250 g/mol. The van der Waals surface area contributed by atoms with Crippen molar-refractivity contribution in [2.24, 2.45) is 5.73 Å². The molecule has 0 saturated carbocycles. The number of aromatic nitrogens is 1. The number of rotatable bonds is 5. The van der Waals surface area contributed by atoms with Crippen LogP contribution < -0.4 is 15.4 Å². The summed E-state index contributed by atoms with van der Waals surface area (Å²) in [7, 11) is 3.73. The van der Waals surface area contributed by atoms with Crippen LogP contribution in [0.1, 0.15) is 24.2 Å². The standard InChI is InChI=1S/C16H21N3O/c1-12(17)15-9-8-14(10-18-15)19(2)11-13-6-4-5-7-16(13)20-3/h4-10,12H,11,17H2,1-3H3/t12-/m1/s1. The summed E-state index contributed by atoms with van der Waals surface area (Å²) in [5, 5.41) is 0. The molecule has 1 atom stereocenters. The van der Waals surface area contributed by atoms with Crippen LogP contribution in [0, 0.1) is 0 Å². The van der Waals surface area contributed by atoms with Gasteiger partial charge in [-0.15, -0.1) is 0 Å². The zero-order valence-electron chi connectivity index (χ0n) is 12.2. The number of ether oxygens (including phenoxy) is 1. The Hall–Kier alpha value is -2.07. The van der Waals surface area contributed by atoms with Crippen LogP contribution >= 0.6 is 0 Å². The normalized spacial score (nSPS) is 12.0. The molecule has 0 saturated heterocycles. The largest absolute Gasteiger partial charge is 0.496 e. The van der Waals surface area contributed by atoms with Crippen LogP contribution in [-0.4, -0.2) is 19.1 Å². The number of benzene rings is 1. The molecule has 0 aliphatic carbocycles. The first kappa shape index (κ1) is 14.3. The van der Waals surface area contributed by atoms with E-state index in [2.05, 4.69) is 16.0 Å². The average Bonchev–Trinajstić information content (AvgIpc) is 2.48. The van der Waals surface area contributed by atoms with E-state index >= 15 is 0 Å². The number of hydrogen-bond donors (Lipinski definition) is 1. The van der Waals surface area contributed by atoms with Crippen molar-refractivity contribution in [2.75, 3.05) is 19.1 Å². The Balaban J connectivity index is 2.13. The highest BCUT2D eigenvalue weighted by molar-refractivity contribution is 5.46. The molecule has 4 heteroatoms. The third-order valence-corrected chi connectivity index (χ3v) is 3.28. The second kappa shape index (κ2) is 6.39. The summed E-state index contributed by atoms with van der Waals surface area (Å²) in [6.45, 7) is 2.70. The highest BCUT2D eigenvalue weighted by atomic mass is 16.5. The molecule has 106 valence electrons. The third-order valence-electron chi connectivity index (χ3n) is 3.28. The molecule has 1 heterocycles. The molecule has 4 nitrogen and oxygen atoms in total. The third kappa shape index (κ3) is 3.27. The van der Waals surface area contributed by atoms with Crippen molar-refractivity contribution in [1.82, 2.24) is 4.98 Å². The van der Waals surface area contributed by atoms with Crippen LogP contribution in [0.3, 0.4) is 0 Å². The quantitative estimate of drug-likeness (QED) is 0.908. The number of anilines is 1. The molecule has 0 unspecified atom stereocenters. The van der Waals surface area contributed by atoms with Gasteiger partial charge >= 0.3 is 0 Å². The van der Waals surface area contributed by atoms with Gasteiger partial charge in [0.25, 0.3) is 0 Å². The molecule has 0 bridgehead atoms. The van der Waals surface area contributed by atoms with Crippen molar-refractivity contribution in [2.45, 2.75) is 19.5 Å². The lowest BCUT2D eigenvalue weighted by atomic mass is 10.1. The van der Waals surface area contributed by atoms with Gasteiger partial charge in [0, 0.05) is 25.2 Å². The maximum Gasteiger partial charge on any atom is 0.123 e. The minimum Gasteiger partial charge on any atom is -0.496 e. The van der Waals surface area contributed by atoms with E-state index in [9.17, 15) is 0 Å². The summed E-state index contributed by atoms with van der Waals surface area (Å²) < 4.78 is 5.37. The molecular formula is C16H21N3O. The van der Waals surface area contributed by atoms with Gasteiger partial charge in [-0.25, -0.2) is 0 Å². The Morgan fingerprint density at radius 1 is 1.25 bits per heavy atom. The molecule has 0 fully saturated rings.